The Balaban J connectivity index is 1.35. The third-order valence-corrected chi connectivity index (χ3v) is 5.68. The van der Waals surface area contributed by atoms with Gasteiger partial charge in [-0.25, -0.2) is 18.7 Å². The minimum absolute atomic E-state index is 0.0884. The van der Waals surface area contributed by atoms with Crippen LogP contribution in [0.1, 0.15) is 28.3 Å². The van der Waals surface area contributed by atoms with Crippen LogP contribution in [0.5, 0.6) is 0 Å². The summed E-state index contributed by atoms with van der Waals surface area (Å²) in [5.74, 6) is -0.621. The maximum atomic E-state index is 13.9. The molecule has 1 aromatic carbocycles. The number of carbonyl (C=O) groups excluding carboxylic acids is 2. The van der Waals surface area contributed by atoms with Gasteiger partial charge in [-0.3, -0.25) is 14.5 Å². The molecule has 2 amide bonds. The summed E-state index contributed by atoms with van der Waals surface area (Å²) in [7, 11) is 3.27. The number of carbonyl (C=O) groups is 2. The molecule has 1 N–H and O–H groups in total. The SMILES string of the molecule is COCCOCCc1cc2n(n1)CC[C@H](NC(=O)c1ncn(Cc3ccccc3F)n1)C(=O)N2C. The van der Waals surface area contributed by atoms with Crippen molar-refractivity contribution in [2.75, 3.05) is 38.9 Å². The lowest BCUT2D eigenvalue weighted by Gasteiger charge is -2.19. The molecule has 0 saturated heterocycles. The van der Waals surface area contributed by atoms with Crippen molar-refractivity contribution in [2.24, 2.45) is 0 Å². The van der Waals surface area contributed by atoms with Crippen LogP contribution < -0.4 is 10.2 Å². The predicted octanol–water partition coefficient (Wildman–Crippen LogP) is 1.03. The molecule has 0 unspecified atom stereocenters. The predicted molar refractivity (Wildman–Crippen MR) is 123 cm³/mol. The van der Waals surface area contributed by atoms with Gasteiger partial charge in [0, 0.05) is 38.8 Å². The zero-order chi connectivity index (χ0) is 24.8. The number of rotatable bonds is 10. The Morgan fingerprint density at radius 2 is 2.06 bits per heavy atom. The number of ether oxygens (including phenoxy) is 2. The van der Waals surface area contributed by atoms with Crippen molar-refractivity contribution in [2.45, 2.75) is 32.0 Å². The molecule has 2 aromatic heterocycles. The summed E-state index contributed by atoms with van der Waals surface area (Å²) in [6.07, 6.45) is 2.34. The molecule has 1 atom stereocenters. The molecule has 1 aliphatic rings. The van der Waals surface area contributed by atoms with Crippen LogP contribution in [-0.2, 0) is 33.8 Å². The molecule has 0 bridgehead atoms. The fourth-order valence-electron chi connectivity index (χ4n) is 3.79. The molecule has 3 heterocycles. The largest absolute Gasteiger partial charge is 0.382 e. The number of fused-ring (bicyclic) bond motifs is 1. The minimum Gasteiger partial charge on any atom is -0.382 e. The van der Waals surface area contributed by atoms with Gasteiger partial charge in [0.05, 0.1) is 32.1 Å². The average molecular weight is 486 g/mol. The number of nitrogens with zero attached hydrogens (tertiary/aromatic N) is 6. The highest BCUT2D eigenvalue weighted by Crippen LogP contribution is 2.21. The lowest BCUT2D eigenvalue weighted by Crippen LogP contribution is -2.47. The second-order valence-corrected chi connectivity index (χ2v) is 8.14. The number of hydrogen-bond donors (Lipinski definition) is 1. The number of anilines is 1. The summed E-state index contributed by atoms with van der Waals surface area (Å²) in [5, 5.41) is 11.4. The van der Waals surface area contributed by atoms with Crippen molar-refractivity contribution >= 4 is 17.6 Å². The molecule has 3 aromatic rings. The van der Waals surface area contributed by atoms with Crippen molar-refractivity contribution in [3.05, 3.63) is 59.6 Å². The van der Waals surface area contributed by atoms with Gasteiger partial charge in [0.1, 0.15) is 24.0 Å². The molecular formula is C23H28FN7O4. The van der Waals surface area contributed by atoms with Gasteiger partial charge in [0.15, 0.2) is 0 Å². The Kier molecular flexibility index (Phi) is 7.83. The van der Waals surface area contributed by atoms with Gasteiger partial charge < -0.3 is 14.8 Å². The first-order valence-corrected chi connectivity index (χ1v) is 11.3. The number of aromatic nitrogens is 5. The van der Waals surface area contributed by atoms with Gasteiger partial charge in [0.25, 0.3) is 11.8 Å². The van der Waals surface area contributed by atoms with Crippen LogP contribution in [0.15, 0.2) is 36.7 Å². The van der Waals surface area contributed by atoms with Crippen molar-refractivity contribution in [3.63, 3.8) is 0 Å². The van der Waals surface area contributed by atoms with E-state index in [4.69, 9.17) is 9.47 Å². The Bertz CT molecular complexity index is 1180. The topological polar surface area (TPSA) is 116 Å². The first-order valence-electron chi connectivity index (χ1n) is 11.3. The van der Waals surface area contributed by atoms with Crippen molar-refractivity contribution in [1.29, 1.82) is 0 Å². The number of hydrogen-bond acceptors (Lipinski definition) is 7. The normalized spacial score (nSPS) is 15.7. The number of nitrogens with one attached hydrogen (secondary N) is 1. The second kappa shape index (κ2) is 11.2. The average Bonchev–Trinajstić information content (AvgIpc) is 3.47. The molecule has 0 fully saturated rings. The summed E-state index contributed by atoms with van der Waals surface area (Å²) in [6.45, 7) is 2.15. The van der Waals surface area contributed by atoms with E-state index in [2.05, 4.69) is 20.5 Å². The van der Waals surface area contributed by atoms with Gasteiger partial charge in [0.2, 0.25) is 5.82 Å². The van der Waals surface area contributed by atoms with Crippen LogP contribution >= 0.6 is 0 Å². The third kappa shape index (κ3) is 5.89. The van der Waals surface area contributed by atoms with Crippen LogP contribution in [0.4, 0.5) is 10.2 Å². The minimum atomic E-state index is -0.756. The van der Waals surface area contributed by atoms with Crippen LogP contribution in [0, 0.1) is 5.82 Å². The second-order valence-electron chi connectivity index (χ2n) is 8.14. The van der Waals surface area contributed by atoms with Crippen LogP contribution in [0.25, 0.3) is 0 Å². The molecule has 0 spiro atoms. The van der Waals surface area contributed by atoms with E-state index in [9.17, 15) is 14.0 Å². The molecule has 0 saturated carbocycles. The van der Waals surface area contributed by atoms with Gasteiger partial charge in [-0.1, -0.05) is 18.2 Å². The first kappa shape index (κ1) is 24.5. The van der Waals surface area contributed by atoms with E-state index in [0.29, 0.717) is 50.6 Å². The summed E-state index contributed by atoms with van der Waals surface area (Å²) in [5.41, 5.74) is 1.25. The number of halogens is 1. The molecule has 4 rings (SSSR count). The number of benzene rings is 1. The van der Waals surface area contributed by atoms with E-state index in [1.807, 2.05) is 6.07 Å². The molecule has 186 valence electrons. The maximum Gasteiger partial charge on any atom is 0.291 e. The third-order valence-electron chi connectivity index (χ3n) is 5.68. The monoisotopic (exact) mass is 485 g/mol. The first-order chi connectivity index (χ1) is 17.0. The van der Waals surface area contributed by atoms with Crippen LogP contribution in [0.3, 0.4) is 0 Å². The quantitative estimate of drug-likeness (QED) is 0.427. The van der Waals surface area contributed by atoms with E-state index >= 15 is 0 Å². The molecule has 12 heteroatoms. The maximum absolute atomic E-state index is 13.9. The van der Waals surface area contributed by atoms with E-state index in [1.165, 1.54) is 22.0 Å². The van der Waals surface area contributed by atoms with Crippen molar-refractivity contribution < 1.29 is 23.5 Å². The van der Waals surface area contributed by atoms with Crippen molar-refractivity contribution in [1.82, 2.24) is 29.9 Å². The van der Waals surface area contributed by atoms with E-state index in [1.54, 1.807) is 37.0 Å². The highest BCUT2D eigenvalue weighted by atomic mass is 19.1. The zero-order valence-electron chi connectivity index (χ0n) is 19.7. The van der Waals surface area contributed by atoms with Crippen molar-refractivity contribution in [3.8, 4) is 0 Å². The number of methoxy groups -OCH3 is 1. The molecule has 0 aliphatic carbocycles. The zero-order valence-corrected chi connectivity index (χ0v) is 19.7. The van der Waals surface area contributed by atoms with Gasteiger partial charge in [-0.05, 0) is 12.5 Å². The molecule has 35 heavy (non-hydrogen) atoms. The molecule has 11 nitrogen and oxygen atoms in total. The summed E-state index contributed by atoms with van der Waals surface area (Å²) in [4.78, 5) is 31.3. The Hall–Kier alpha value is -3.64. The van der Waals surface area contributed by atoms with E-state index in [-0.39, 0.29) is 24.1 Å². The molecule has 1 aliphatic heterocycles. The highest BCUT2D eigenvalue weighted by Gasteiger charge is 2.31. The fourth-order valence-corrected chi connectivity index (χ4v) is 3.79. The van der Waals surface area contributed by atoms with Gasteiger partial charge >= 0.3 is 0 Å². The molecular weight excluding hydrogens is 457 g/mol. The lowest BCUT2D eigenvalue weighted by atomic mass is 10.2. The van der Waals surface area contributed by atoms with Crippen LogP contribution in [-0.4, -0.2) is 76.4 Å². The van der Waals surface area contributed by atoms with E-state index < -0.39 is 11.9 Å². The van der Waals surface area contributed by atoms with Gasteiger partial charge in [-0.15, -0.1) is 5.10 Å². The Labute approximate surface area is 201 Å². The highest BCUT2D eigenvalue weighted by molar-refractivity contribution is 6.00. The molecule has 0 radical (unpaired) electrons. The standard InChI is InChI=1S/C23H28FN7O4/c1-29-20-13-17(8-10-35-12-11-34-2)27-31(20)9-7-19(23(29)33)26-22(32)21-25-15-30(28-21)14-16-5-3-4-6-18(16)24/h3-6,13,15,19H,7-12,14H2,1-2H3,(H,26,32)/t19-/m0/s1. The summed E-state index contributed by atoms with van der Waals surface area (Å²) < 4.78 is 27.5. The fraction of sp³-hybridized carbons (Fsp3) is 0.435. The smallest absolute Gasteiger partial charge is 0.291 e. The lowest BCUT2D eigenvalue weighted by molar-refractivity contribution is -0.120. The number of aryl methyl sites for hydroxylation is 1. The Morgan fingerprint density at radius 1 is 1.23 bits per heavy atom. The Morgan fingerprint density at radius 3 is 2.86 bits per heavy atom. The summed E-state index contributed by atoms with van der Waals surface area (Å²) >= 11 is 0. The summed E-state index contributed by atoms with van der Waals surface area (Å²) in [6, 6.07) is 7.42. The number of likely N-dealkylation sites (N-methyl/N-ethyl adjacent to an activating group) is 1. The van der Waals surface area contributed by atoms with E-state index in [0.717, 1.165) is 5.69 Å². The van der Waals surface area contributed by atoms with Gasteiger partial charge in [-0.2, -0.15) is 5.10 Å². The van der Waals surface area contributed by atoms with Crippen LogP contribution in [0.2, 0.25) is 0 Å². The number of amides is 2.